The van der Waals surface area contributed by atoms with Crippen molar-refractivity contribution in [2.24, 2.45) is 0 Å². The number of carbonyl (C=O) groups excluding carboxylic acids is 2. The first kappa shape index (κ1) is 19.6. The molecule has 0 aliphatic carbocycles. The third kappa shape index (κ3) is 6.88. The molecule has 0 heterocycles. The van der Waals surface area contributed by atoms with Gasteiger partial charge in [-0.2, -0.15) is 0 Å². The van der Waals surface area contributed by atoms with Crippen LogP contribution in [-0.4, -0.2) is 11.9 Å². The third-order valence-electron chi connectivity index (χ3n) is 2.41. The summed E-state index contributed by atoms with van der Waals surface area (Å²) in [5.74, 6) is -0.503. The van der Waals surface area contributed by atoms with Crippen molar-refractivity contribution >= 4 is 11.9 Å². The van der Waals surface area contributed by atoms with Crippen LogP contribution in [0.4, 0.5) is 0 Å². The number of allylic oxidation sites excluding steroid dienone is 3. The van der Waals surface area contributed by atoms with Crippen molar-refractivity contribution in [2.75, 3.05) is 0 Å². The predicted octanol–water partition coefficient (Wildman–Crippen LogP) is 4.24. The van der Waals surface area contributed by atoms with Crippen molar-refractivity contribution in [3.05, 3.63) is 53.8 Å². The number of esters is 1. The fourth-order valence-electron chi connectivity index (χ4n) is 1.66. The Kier molecular flexibility index (Phi) is 10.1. The third-order valence-corrected chi connectivity index (χ3v) is 2.41. The van der Waals surface area contributed by atoms with E-state index in [2.05, 4.69) is 5.32 Å². The molecule has 1 N–H and O–H groups in total. The number of amides is 1. The van der Waals surface area contributed by atoms with Crippen molar-refractivity contribution in [1.29, 1.82) is 0 Å². The van der Waals surface area contributed by atoms with Crippen molar-refractivity contribution < 1.29 is 14.3 Å². The van der Waals surface area contributed by atoms with Gasteiger partial charge in [0, 0.05) is 12.6 Å². The van der Waals surface area contributed by atoms with E-state index in [9.17, 15) is 9.59 Å². The van der Waals surface area contributed by atoms with Crippen molar-refractivity contribution in [1.82, 2.24) is 5.32 Å². The number of carbonyl (C=O) groups is 2. The maximum absolute atomic E-state index is 12.2. The summed E-state index contributed by atoms with van der Waals surface area (Å²) in [7, 11) is 0. The van der Waals surface area contributed by atoms with Crippen LogP contribution >= 0.6 is 0 Å². The molecule has 1 amide bonds. The monoisotopic (exact) mass is 303 g/mol. The van der Waals surface area contributed by atoms with Crippen LogP contribution in [0.3, 0.4) is 0 Å². The Morgan fingerprint density at radius 1 is 1.23 bits per heavy atom. The molecule has 1 rings (SSSR count). The molecule has 22 heavy (non-hydrogen) atoms. The second-order valence-electron chi connectivity index (χ2n) is 4.11. The van der Waals surface area contributed by atoms with Crippen LogP contribution in [0.5, 0.6) is 5.75 Å². The van der Waals surface area contributed by atoms with Gasteiger partial charge in [0.2, 0.25) is 0 Å². The lowest BCUT2D eigenvalue weighted by Gasteiger charge is -2.10. The SMILES string of the molecule is C/C=C\C(=C/CC)NC(=O)c1ccccc1OC(C)=O.CC. The van der Waals surface area contributed by atoms with E-state index >= 15 is 0 Å². The molecule has 0 spiro atoms. The van der Waals surface area contributed by atoms with Crippen LogP contribution < -0.4 is 10.1 Å². The minimum atomic E-state index is -0.456. The van der Waals surface area contributed by atoms with Crippen LogP contribution in [0.1, 0.15) is 51.4 Å². The van der Waals surface area contributed by atoms with Gasteiger partial charge in [-0.25, -0.2) is 0 Å². The van der Waals surface area contributed by atoms with Crippen LogP contribution in [-0.2, 0) is 4.79 Å². The van der Waals surface area contributed by atoms with Gasteiger partial charge in [0.25, 0.3) is 5.91 Å². The number of nitrogens with one attached hydrogen (secondary N) is 1. The maximum atomic E-state index is 12.2. The Hall–Kier alpha value is -2.36. The predicted molar refractivity (Wildman–Crippen MR) is 89.8 cm³/mol. The van der Waals surface area contributed by atoms with Crippen molar-refractivity contribution in [3.8, 4) is 5.75 Å². The molecule has 0 saturated carbocycles. The molecule has 120 valence electrons. The molecular weight excluding hydrogens is 278 g/mol. The van der Waals surface area contributed by atoms with Crippen LogP contribution in [0.25, 0.3) is 0 Å². The van der Waals surface area contributed by atoms with E-state index in [1.165, 1.54) is 6.92 Å². The first-order chi connectivity index (χ1) is 10.6. The number of hydrogen-bond acceptors (Lipinski definition) is 3. The highest BCUT2D eigenvalue weighted by Crippen LogP contribution is 2.18. The molecule has 0 aromatic heterocycles. The minimum Gasteiger partial charge on any atom is -0.426 e. The number of para-hydroxylation sites is 1. The molecule has 0 aliphatic heterocycles. The summed E-state index contributed by atoms with van der Waals surface area (Å²) in [6.45, 7) is 9.17. The lowest BCUT2D eigenvalue weighted by Crippen LogP contribution is -2.23. The van der Waals surface area contributed by atoms with Crippen LogP contribution in [0.15, 0.2) is 48.2 Å². The summed E-state index contributed by atoms with van der Waals surface area (Å²) < 4.78 is 5.03. The van der Waals surface area contributed by atoms with Crippen molar-refractivity contribution in [2.45, 2.75) is 41.0 Å². The lowest BCUT2D eigenvalue weighted by atomic mass is 10.2. The molecule has 0 aliphatic rings. The maximum Gasteiger partial charge on any atom is 0.308 e. The highest BCUT2D eigenvalue weighted by molar-refractivity contribution is 5.98. The second-order valence-corrected chi connectivity index (χ2v) is 4.11. The average Bonchev–Trinajstić information content (AvgIpc) is 2.49. The Balaban J connectivity index is 0.00000211. The molecule has 0 atom stereocenters. The van der Waals surface area contributed by atoms with Gasteiger partial charge in [-0.05, 0) is 31.6 Å². The number of rotatable bonds is 5. The summed E-state index contributed by atoms with van der Waals surface area (Å²) in [5, 5.41) is 2.79. The molecule has 4 nitrogen and oxygen atoms in total. The van der Waals surface area contributed by atoms with Gasteiger partial charge in [0.1, 0.15) is 5.75 Å². The van der Waals surface area contributed by atoms with Gasteiger partial charge >= 0.3 is 5.97 Å². The van der Waals surface area contributed by atoms with E-state index in [0.717, 1.165) is 12.1 Å². The number of benzene rings is 1. The molecule has 0 bridgehead atoms. The van der Waals surface area contributed by atoms with Gasteiger partial charge in [0.15, 0.2) is 0 Å². The topological polar surface area (TPSA) is 55.4 Å². The summed E-state index contributed by atoms with van der Waals surface area (Å²) in [6.07, 6.45) is 6.38. The molecule has 0 radical (unpaired) electrons. The molecule has 1 aromatic rings. The van der Waals surface area contributed by atoms with E-state index in [1.807, 2.05) is 45.9 Å². The molecule has 1 aromatic carbocycles. The van der Waals surface area contributed by atoms with Crippen LogP contribution in [0, 0.1) is 0 Å². The zero-order chi connectivity index (χ0) is 17.0. The smallest absolute Gasteiger partial charge is 0.308 e. The van der Waals surface area contributed by atoms with Crippen LogP contribution in [0.2, 0.25) is 0 Å². The summed E-state index contributed by atoms with van der Waals surface area (Å²) in [4.78, 5) is 23.3. The van der Waals surface area contributed by atoms with Crippen molar-refractivity contribution in [3.63, 3.8) is 0 Å². The molecular formula is C18H25NO3. The molecule has 0 fully saturated rings. The largest absolute Gasteiger partial charge is 0.426 e. The standard InChI is InChI=1S/C16H19NO3.C2H6/c1-4-8-13(9-5-2)17-16(19)14-10-6-7-11-15(14)20-12(3)18;1-2/h4,6-11H,5H2,1-3H3,(H,17,19);1-2H3/b8-4-,13-9+;. The first-order valence-electron chi connectivity index (χ1n) is 7.50. The fraction of sp³-hybridized carbons (Fsp3) is 0.333. The summed E-state index contributed by atoms with van der Waals surface area (Å²) in [5.41, 5.74) is 1.05. The van der Waals surface area contributed by atoms with Gasteiger partial charge in [-0.15, -0.1) is 0 Å². The normalized spacial score (nSPS) is 10.7. The van der Waals surface area contributed by atoms with E-state index in [-0.39, 0.29) is 11.7 Å². The van der Waals surface area contributed by atoms with Gasteiger partial charge in [-0.1, -0.05) is 45.1 Å². The summed E-state index contributed by atoms with van der Waals surface area (Å²) in [6, 6.07) is 6.65. The quantitative estimate of drug-likeness (QED) is 0.503. The molecule has 0 unspecified atom stereocenters. The van der Waals surface area contributed by atoms with E-state index in [4.69, 9.17) is 4.74 Å². The molecule has 4 heteroatoms. The number of hydrogen-bond donors (Lipinski definition) is 1. The van der Waals surface area contributed by atoms with Gasteiger partial charge in [-0.3, -0.25) is 9.59 Å². The van der Waals surface area contributed by atoms with Gasteiger partial charge < -0.3 is 10.1 Å². The Bertz CT molecular complexity index is 545. The lowest BCUT2D eigenvalue weighted by molar-refractivity contribution is -0.131. The zero-order valence-electron chi connectivity index (χ0n) is 14.0. The first-order valence-corrected chi connectivity index (χ1v) is 7.50. The second kappa shape index (κ2) is 11.3. The Morgan fingerprint density at radius 2 is 1.86 bits per heavy atom. The highest BCUT2D eigenvalue weighted by atomic mass is 16.5. The minimum absolute atomic E-state index is 0.258. The zero-order valence-corrected chi connectivity index (χ0v) is 14.0. The van der Waals surface area contributed by atoms with E-state index in [1.54, 1.807) is 24.3 Å². The molecule has 0 saturated heterocycles. The van der Waals surface area contributed by atoms with Gasteiger partial charge in [0.05, 0.1) is 5.56 Å². The Labute approximate surface area is 132 Å². The highest BCUT2D eigenvalue weighted by Gasteiger charge is 2.13. The Morgan fingerprint density at radius 3 is 2.41 bits per heavy atom. The van der Waals surface area contributed by atoms with E-state index in [0.29, 0.717) is 5.56 Å². The van der Waals surface area contributed by atoms with E-state index < -0.39 is 5.97 Å². The average molecular weight is 303 g/mol. The summed E-state index contributed by atoms with van der Waals surface area (Å²) >= 11 is 0. The fourth-order valence-corrected chi connectivity index (χ4v) is 1.66. The number of ether oxygens (including phenoxy) is 1.